The molecule has 0 radical (unpaired) electrons. The Morgan fingerprint density at radius 3 is 2.33 bits per heavy atom. The van der Waals surface area contributed by atoms with E-state index in [0.717, 1.165) is 12.8 Å². The second-order valence-corrected chi connectivity index (χ2v) is 6.39. The van der Waals surface area contributed by atoms with E-state index in [1.807, 2.05) is 25.7 Å². The van der Waals surface area contributed by atoms with Crippen LogP contribution in [0, 0.1) is 5.41 Å². The smallest absolute Gasteiger partial charge is 0.240 e. The summed E-state index contributed by atoms with van der Waals surface area (Å²) < 4.78 is 0. The number of nitrogens with two attached hydrogens (primary N) is 1. The van der Waals surface area contributed by atoms with Crippen molar-refractivity contribution in [2.75, 3.05) is 13.2 Å². The molecule has 0 spiro atoms. The van der Waals surface area contributed by atoms with Crippen molar-refractivity contribution in [2.24, 2.45) is 11.1 Å². The molecule has 106 valence electrons. The quantitative estimate of drug-likeness (QED) is 0.801. The molecular formula is C14H28N2O2. The monoisotopic (exact) mass is 256 g/mol. The molecule has 1 aliphatic rings. The van der Waals surface area contributed by atoms with Crippen molar-refractivity contribution in [1.29, 1.82) is 0 Å². The van der Waals surface area contributed by atoms with Gasteiger partial charge in [0.2, 0.25) is 5.91 Å². The molecule has 4 nitrogen and oxygen atoms in total. The van der Waals surface area contributed by atoms with Crippen molar-refractivity contribution in [3.8, 4) is 0 Å². The first kappa shape index (κ1) is 15.4. The third kappa shape index (κ3) is 3.95. The van der Waals surface area contributed by atoms with Gasteiger partial charge in [-0.05, 0) is 18.3 Å². The average Bonchev–Trinajstić information content (AvgIpc) is 2.34. The van der Waals surface area contributed by atoms with Gasteiger partial charge in [0.1, 0.15) is 0 Å². The van der Waals surface area contributed by atoms with E-state index >= 15 is 0 Å². The Kier molecular flexibility index (Phi) is 5.60. The molecule has 0 heterocycles. The van der Waals surface area contributed by atoms with Crippen LogP contribution in [0.3, 0.4) is 0 Å². The van der Waals surface area contributed by atoms with E-state index in [1.54, 1.807) is 0 Å². The van der Waals surface area contributed by atoms with E-state index in [4.69, 9.17) is 10.8 Å². The molecule has 4 heteroatoms. The Morgan fingerprint density at radius 2 is 1.89 bits per heavy atom. The minimum absolute atomic E-state index is 0.0107. The summed E-state index contributed by atoms with van der Waals surface area (Å²) in [5, 5.41) is 9.17. The number of nitrogens with zero attached hydrogens (tertiary/aromatic N) is 1. The molecule has 0 aliphatic heterocycles. The van der Waals surface area contributed by atoms with Crippen LogP contribution in [0.25, 0.3) is 0 Å². The lowest BCUT2D eigenvalue weighted by Gasteiger charge is -2.38. The zero-order valence-electron chi connectivity index (χ0n) is 12.0. The van der Waals surface area contributed by atoms with Crippen LogP contribution in [0.5, 0.6) is 0 Å². The van der Waals surface area contributed by atoms with Gasteiger partial charge in [0.15, 0.2) is 0 Å². The zero-order valence-corrected chi connectivity index (χ0v) is 12.0. The summed E-state index contributed by atoms with van der Waals surface area (Å²) in [5.41, 5.74) is 5.82. The van der Waals surface area contributed by atoms with Crippen LogP contribution >= 0.6 is 0 Å². The van der Waals surface area contributed by atoms with Crippen LogP contribution in [0.1, 0.15) is 52.9 Å². The third-order valence-electron chi connectivity index (χ3n) is 3.84. The standard InChI is InChI=1S/C14H28N2O2/c1-14(2,3)12(15)13(18)16(9-10-17)11-7-5-4-6-8-11/h11-12,17H,4-10,15H2,1-3H3/t12-/m0/s1. The molecule has 18 heavy (non-hydrogen) atoms. The number of carbonyl (C=O) groups is 1. The maximum Gasteiger partial charge on any atom is 0.240 e. The van der Waals surface area contributed by atoms with Crippen LogP contribution in [-0.4, -0.2) is 41.1 Å². The van der Waals surface area contributed by atoms with Gasteiger partial charge in [-0.2, -0.15) is 0 Å². The van der Waals surface area contributed by atoms with Crippen molar-refractivity contribution >= 4 is 5.91 Å². The van der Waals surface area contributed by atoms with Gasteiger partial charge in [0.05, 0.1) is 12.6 Å². The summed E-state index contributed by atoms with van der Waals surface area (Å²) in [6, 6.07) is -0.224. The summed E-state index contributed by atoms with van der Waals surface area (Å²) in [7, 11) is 0. The molecule has 1 rings (SSSR count). The maximum atomic E-state index is 12.5. The molecule has 1 atom stereocenters. The maximum absolute atomic E-state index is 12.5. The molecule has 0 bridgehead atoms. The van der Waals surface area contributed by atoms with Crippen LogP contribution in [0.15, 0.2) is 0 Å². The van der Waals surface area contributed by atoms with Crippen molar-refractivity contribution < 1.29 is 9.90 Å². The number of rotatable bonds is 4. The minimum atomic E-state index is -0.494. The van der Waals surface area contributed by atoms with Crippen LogP contribution in [-0.2, 0) is 4.79 Å². The Morgan fingerprint density at radius 1 is 1.33 bits per heavy atom. The molecule has 3 N–H and O–H groups in total. The van der Waals surface area contributed by atoms with Gasteiger partial charge in [-0.25, -0.2) is 0 Å². The summed E-state index contributed by atoms with van der Waals surface area (Å²) in [5.74, 6) is -0.0107. The molecular weight excluding hydrogens is 228 g/mol. The Balaban J connectivity index is 2.73. The molecule has 1 amide bonds. The van der Waals surface area contributed by atoms with E-state index in [-0.39, 0.29) is 24.0 Å². The molecule has 1 aliphatic carbocycles. The van der Waals surface area contributed by atoms with Crippen molar-refractivity contribution in [2.45, 2.75) is 65.0 Å². The minimum Gasteiger partial charge on any atom is -0.395 e. The van der Waals surface area contributed by atoms with Crippen LogP contribution in [0.4, 0.5) is 0 Å². The topological polar surface area (TPSA) is 66.6 Å². The van der Waals surface area contributed by atoms with E-state index in [9.17, 15) is 4.79 Å². The fraction of sp³-hybridized carbons (Fsp3) is 0.929. The number of aliphatic hydroxyl groups excluding tert-OH is 1. The Bertz CT molecular complexity index is 267. The first-order valence-electron chi connectivity index (χ1n) is 7.05. The first-order valence-corrected chi connectivity index (χ1v) is 7.05. The van der Waals surface area contributed by atoms with E-state index in [0.29, 0.717) is 6.54 Å². The van der Waals surface area contributed by atoms with Gasteiger partial charge in [0.25, 0.3) is 0 Å². The van der Waals surface area contributed by atoms with Gasteiger partial charge < -0.3 is 15.7 Å². The van der Waals surface area contributed by atoms with E-state index in [1.165, 1.54) is 19.3 Å². The second-order valence-electron chi connectivity index (χ2n) is 6.39. The molecule has 1 saturated carbocycles. The fourth-order valence-electron chi connectivity index (χ4n) is 2.52. The highest BCUT2D eigenvalue weighted by Crippen LogP contribution is 2.25. The van der Waals surface area contributed by atoms with Crippen molar-refractivity contribution in [3.05, 3.63) is 0 Å². The number of hydrogen-bond acceptors (Lipinski definition) is 3. The number of carbonyl (C=O) groups excluding carboxylic acids is 1. The highest BCUT2D eigenvalue weighted by atomic mass is 16.3. The van der Waals surface area contributed by atoms with Crippen LogP contribution < -0.4 is 5.73 Å². The molecule has 0 aromatic carbocycles. The lowest BCUT2D eigenvalue weighted by atomic mass is 9.85. The molecule has 0 aromatic rings. The zero-order chi connectivity index (χ0) is 13.8. The highest BCUT2D eigenvalue weighted by Gasteiger charge is 2.34. The highest BCUT2D eigenvalue weighted by molar-refractivity contribution is 5.82. The fourth-order valence-corrected chi connectivity index (χ4v) is 2.52. The lowest BCUT2D eigenvalue weighted by Crippen LogP contribution is -2.54. The lowest BCUT2D eigenvalue weighted by molar-refractivity contribution is -0.138. The van der Waals surface area contributed by atoms with Crippen LogP contribution in [0.2, 0.25) is 0 Å². The first-order chi connectivity index (χ1) is 8.38. The summed E-state index contributed by atoms with van der Waals surface area (Å²) in [6.45, 7) is 6.36. The van der Waals surface area contributed by atoms with Gasteiger partial charge in [-0.1, -0.05) is 40.0 Å². The molecule has 0 aromatic heterocycles. The molecule has 0 saturated heterocycles. The molecule has 0 unspecified atom stereocenters. The van der Waals surface area contributed by atoms with Gasteiger partial charge in [-0.3, -0.25) is 4.79 Å². The summed E-state index contributed by atoms with van der Waals surface area (Å²) in [4.78, 5) is 14.3. The Labute approximate surface area is 111 Å². The third-order valence-corrected chi connectivity index (χ3v) is 3.84. The second kappa shape index (κ2) is 6.53. The number of hydrogen-bond donors (Lipinski definition) is 2. The number of aliphatic hydroxyl groups is 1. The number of amides is 1. The van der Waals surface area contributed by atoms with Gasteiger partial charge >= 0.3 is 0 Å². The predicted molar refractivity (Wildman–Crippen MR) is 73.1 cm³/mol. The summed E-state index contributed by atoms with van der Waals surface area (Å²) >= 11 is 0. The van der Waals surface area contributed by atoms with Gasteiger partial charge in [-0.15, -0.1) is 0 Å². The normalized spacial score (nSPS) is 19.6. The largest absolute Gasteiger partial charge is 0.395 e. The summed E-state index contributed by atoms with van der Waals surface area (Å²) in [6.07, 6.45) is 5.68. The van der Waals surface area contributed by atoms with Gasteiger partial charge in [0, 0.05) is 12.6 Å². The van der Waals surface area contributed by atoms with Crippen molar-refractivity contribution in [3.63, 3.8) is 0 Å². The van der Waals surface area contributed by atoms with E-state index < -0.39 is 6.04 Å². The molecule has 1 fully saturated rings. The van der Waals surface area contributed by atoms with E-state index in [2.05, 4.69) is 0 Å². The Hall–Kier alpha value is -0.610. The SMILES string of the molecule is CC(C)(C)[C@@H](N)C(=O)N(CCO)C1CCCCC1. The predicted octanol–water partition coefficient (Wildman–Crippen LogP) is 1.51. The average molecular weight is 256 g/mol. The van der Waals surface area contributed by atoms with Crippen molar-refractivity contribution in [1.82, 2.24) is 4.90 Å².